The molecular formula is C44H42O8S3. The molecule has 6 aromatic carbocycles. The van der Waals surface area contributed by atoms with Crippen LogP contribution in [0.15, 0.2) is 175 Å². The summed E-state index contributed by atoms with van der Waals surface area (Å²) in [6, 6.07) is 38.0. The van der Waals surface area contributed by atoms with Crippen LogP contribution in [0.1, 0.15) is 47.1 Å². The molecule has 55 heavy (non-hydrogen) atoms. The summed E-state index contributed by atoms with van der Waals surface area (Å²) >= 11 is 0. The van der Waals surface area contributed by atoms with Crippen molar-refractivity contribution in [3.63, 3.8) is 0 Å². The van der Waals surface area contributed by atoms with Gasteiger partial charge in [0.25, 0.3) is 0 Å². The molecule has 0 aliphatic heterocycles. The normalized spacial score (nSPS) is 12.6. The minimum absolute atomic E-state index is 0.0676. The zero-order chi connectivity index (χ0) is 39.8. The first kappa shape index (κ1) is 39.5. The molecule has 0 spiro atoms. The van der Waals surface area contributed by atoms with Crippen LogP contribution in [0.4, 0.5) is 0 Å². The van der Waals surface area contributed by atoms with Crippen LogP contribution in [0, 0.1) is 0 Å². The lowest BCUT2D eigenvalue weighted by molar-refractivity contribution is 0.131. The lowest BCUT2D eigenvalue weighted by atomic mass is 9.87. The van der Waals surface area contributed by atoms with Crippen LogP contribution in [0.25, 0.3) is 11.1 Å². The zero-order valence-corrected chi connectivity index (χ0v) is 33.8. The van der Waals surface area contributed by atoms with Crippen molar-refractivity contribution in [2.24, 2.45) is 0 Å². The molecule has 8 nitrogen and oxygen atoms in total. The Hall–Kier alpha value is -5.23. The molecule has 0 aliphatic carbocycles. The number of rotatable bonds is 10. The molecule has 0 bridgehead atoms. The number of hydrogen-bond acceptors (Lipinski definition) is 8. The van der Waals surface area contributed by atoms with E-state index in [4.69, 9.17) is 9.47 Å². The van der Waals surface area contributed by atoms with E-state index in [0.717, 1.165) is 16.7 Å². The number of benzene rings is 6. The molecule has 0 heterocycles. The van der Waals surface area contributed by atoms with E-state index >= 15 is 0 Å². The third-order valence-electron chi connectivity index (χ3n) is 8.76. The summed E-state index contributed by atoms with van der Waals surface area (Å²) < 4.78 is 91.6. The van der Waals surface area contributed by atoms with E-state index in [2.05, 4.69) is 20.8 Å². The fraction of sp³-hybridized carbons (Fsp3) is 0.182. The van der Waals surface area contributed by atoms with Gasteiger partial charge in [-0.1, -0.05) is 57.2 Å². The number of sulfone groups is 3. The van der Waals surface area contributed by atoms with Crippen LogP contribution >= 0.6 is 0 Å². The molecule has 0 unspecified atom stereocenters. The van der Waals surface area contributed by atoms with Gasteiger partial charge in [0.1, 0.15) is 22.8 Å². The molecule has 6 aromatic rings. The molecule has 11 heteroatoms. The summed E-state index contributed by atoms with van der Waals surface area (Å²) in [5, 5.41) is 0. The van der Waals surface area contributed by atoms with Crippen molar-refractivity contribution in [1.82, 2.24) is 0 Å². The van der Waals surface area contributed by atoms with E-state index in [-0.39, 0.29) is 34.8 Å². The van der Waals surface area contributed by atoms with Crippen molar-refractivity contribution in [1.29, 1.82) is 0 Å². The van der Waals surface area contributed by atoms with Crippen molar-refractivity contribution in [3.8, 4) is 28.4 Å². The Morgan fingerprint density at radius 3 is 0.873 bits per heavy atom. The van der Waals surface area contributed by atoms with Gasteiger partial charge in [0, 0.05) is 0 Å². The van der Waals surface area contributed by atoms with E-state index < -0.39 is 35.1 Å². The maximum absolute atomic E-state index is 13.5. The first-order valence-corrected chi connectivity index (χ1v) is 21.9. The first-order valence-electron chi connectivity index (χ1n) is 17.5. The highest BCUT2D eigenvalue weighted by Gasteiger charge is 2.22. The Kier molecular flexibility index (Phi) is 10.6. The van der Waals surface area contributed by atoms with Gasteiger partial charge in [0.15, 0.2) is 0 Å². The second-order valence-electron chi connectivity index (χ2n) is 15.1. The Balaban J connectivity index is 1.10. The average molecular weight is 795 g/mol. The molecule has 6 rings (SSSR count). The SMILES string of the molecule is CC(C)(C)Oc1ccc(S(=O)(=O)c2ccc(Oc3ccc(S(=O)(=O)c4ccc(-c5ccc(S(=O)(=O)c6ccc(C(C)(C)C)cc6)cc5)cc4)cc3)cc2)cc1. The van der Waals surface area contributed by atoms with E-state index in [1.54, 1.807) is 60.7 Å². The summed E-state index contributed by atoms with van der Waals surface area (Å²) in [6.07, 6.45) is 0. The van der Waals surface area contributed by atoms with Gasteiger partial charge >= 0.3 is 0 Å². The van der Waals surface area contributed by atoms with Crippen LogP contribution in [0.3, 0.4) is 0 Å². The number of hydrogen-bond donors (Lipinski definition) is 0. The Morgan fingerprint density at radius 1 is 0.345 bits per heavy atom. The van der Waals surface area contributed by atoms with Gasteiger partial charge in [0.05, 0.1) is 29.4 Å². The topological polar surface area (TPSA) is 121 Å². The van der Waals surface area contributed by atoms with Crippen molar-refractivity contribution in [2.45, 2.75) is 81.9 Å². The molecular weight excluding hydrogens is 753 g/mol. The molecule has 284 valence electrons. The molecule has 0 atom stereocenters. The largest absolute Gasteiger partial charge is 0.488 e. The highest BCUT2D eigenvalue weighted by atomic mass is 32.2. The van der Waals surface area contributed by atoms with Crippen LogP contribution < -0.4 is 9.47 Å². The Bertz CT molecular complexity index is 2620. The summed E-state index contributed by atoms with van der Waals surface area (Å²) in [5.41, 5.74) is 2.00. The fourth-order valence-electron chi connectivity index (χ4n) is 5.75. The van der Waals surface area contributed by atoms with E-state index in [1.807, 2.05) is 32.9 Å². The first-order chi connectivity index (χ1) is 25.7. The Morgan fingerprint density at radius 2 is 0.600 bits per heavy atom. The zero-order valence-electron chi connectivity index (χ0n) is 31.3. The highest BCUT2D eigenvalue weighted by Crippen LogP contribution is 2.32. The number of ether oxygens (including phenoxy) is 2. The monoisotopic (exact) mass is 794 g/mol. The maximum Gasteiger partial charge on any atom is 0.206 e. The second-order valence-corrected chi connectivity index (χ2v) is 20.9. The van der Waals surface area contributed by atoms with Gasteiger partial charge in [-0.15, -0.1) is 0 Å². The Labute approximate surface area is 324 Å². The van der Waals surface area contributed by atoms with Crippen LogP contribution in [0.2, 0.25) is 0 Å². The summed E-state index contributed by atoms with van der Waals surface area (Å²) in [5.74, 6) is 1.31. The van der Waals surface area contributed by atoms with Crippen molar-refractivity contribution in [2.75, 3.05) is 0 Å². The minimum Gasteiger partial charge on any atom is -0.488 e. The quantitative estimate of drug-likeness (QED) is 0.134. The molecule has 0 amide bonds. The van der Waals surface area contributed by atoms with E-state index in [0.29, 0.717) is 17.2 Å². The smallest absolute Gasteiger partial charge is 0.206 e. The van der Waals surface area contributed by atoms with Gasteiger partial charge in [-0.2, -0.15) is 0 Å². The van der Waals surface area contributed by atoms with Gasteiger partial charge in [-0.05, 0) is 152 Å². The molecule has 0 N–H and O–H groups in total. The van der Waals surface area contributed by atoms with E-state index in [1.165, 1.54) is 72.8 Å². The van der Waals surface area contributed by atoms with Gasteiger partial charge in [-0.3, -0.25) is 0 Å². The molecule has 0 fully saturated rings. The van der Waals surface area contributed by atoms with Crippen LogP contribution in [0.5, 0.6) is 17.2 Å². The molecule has 0 aliphatic rings. The predicted octanol–water partition coefficient (Wildman–Crippen LogP) is 10.1. The predicted molar refractivity (Wildman–Crippen MR) is 213 cm³/mol. The second kappa shape index (κ2) is 14.8. The molecule has 0 aromatic heterocycles. The summed E-state index contributed by atoms with van der Waals surface area (Å²) in [7, 11) is -11.4. The summed E-state index contributed by atoms with van der Waals surface area (Å²) in [4.78, 5) is 0.777. The lowest BCUT2D eigenvalue weighted by Gasteiger charge is -2.21. The average Bonchev–Trinajstić information content (AvgIpc) is 3.15. The molecule has 0 radical (unpaired) electrons. The molecule has 0 saturated carbocycles. The van der Waals surface area contributed by atoms with E-state index in [9.17, 15) is 25.3 Å². The standard InChI is InChI=1S/C44H42O8S3/c1-43(2,3)33-11-23-39(24-12-33)53(45,46)37-19-7-31(8-20-37)32-9-21-38(22-10-32)54(47,48)40-25-13-34(14-26-40)51-35-15-27-41(28-16-35)55(49,50)42-29-17-36(18-30-42)52-44(4,5)6/h7-30H,1-6H3. The van der Waals surface area contributed by atoms with Gasteiger partial charge in [-0.25, -0.2) is 25.3 Å². The van der Waals surface area contributed by atoms with Crippen molar-refractivity contribution >= 4 is 29.5 Å². The summed E-state index contributed by atoms with van der Waals surface area (Å²) in [6.45, 7) is 11.9. The third-order valence-corrected chi connectivity index (χ3v) is 14.1. The van der Waals surface area contributed by atoms with Crippen molar-refractivity contribution in [3.05, 3.63) is 151 Å². The van der Waals surface area contributed by atoms with Gasteiger partial charge < -0.3 is 9.47 Å². The minimum atomic E-state index is -3.87. The molecule has 0 saturated heterocycles. The van der Waals surface area contributed by atoms with Crippen LogP contribution in [-0.4, -0.2) is 30.9 Å². The lowest BCUT2D eigenvalue weighted by Crippen LogP contribution is -2.22. The fourth-order valence-corrected chi connectivity index (χ4v) is 9.53. The highest BCUT2D eigenvalue weighted by molar-refractivity contribution is 7.92. The maximum atomic E-state index is 13.5. The van der Waals surface area contributed by atoms with Crippen molar-refractivity contribution < 1.29 is 34.7 Å². The third kappa shape index (κ3) is 8.85. The van der Waals surface area contributed by atoms with Crippen LogP contribution in [-0.2, 0) is 34.9 Å². The van der Waals surface area contributed by atoms with Gasteiger partial charge in [0.2, 0.25) is 29.5 Å².